The van der Waals surface area contributed by atoms with E-state index in [1.807, 2.05) is 12.4 Å². The molecule has 1 atom stereocenters. The SMILES string of the molecule is CNC(CCC(C)(C)OC)c1csnn1. The van der Waals surface area contributed by atoms with Crippen molar-refractivity contribution in [3.05, 3.63) is 11.1 Å². The standard InChI is InChI=1S/C10H19N3OS/c1-10(2,14-4)6-5-8(11-3)9-7-15-13-12-9/h7-8,11H,5-6H2,1-4H3. The molecular weight excluding hydrogens is 210 g/mol. The molecule has 0 aliphatic rings. The summed E-state index contributed by atoms with van der Waals surface area (Å²) < 4.78 is 9.26. The maximum absolute atomic E-state index is 5.39. The number of rotatable bonds is 6. The van der Waals surface area contributed by atoms with Gasteiger partial charge in [0.15, 0.2) is 0 Å². The van der Waals surface area contributed by atoms with E-state index in [1.165, 1.54) is 11.5 Å². The number of hydrogen-bond acceptors (Lipinski definition) is 5. The second kappa shape index (κ2) is 5.53. The minimum atomic E-state index is -0.0709. The Balaban J connectivity index is 2.49. The Morgan fingerprint density at radius 2 is 2.33 bits per heavy atom. The van der Waals surface area contributed by atoms with Gasteiger partial charge in [-0.15, -0.1) is 5.10 Å². The molecule has 0 saturated carbocycles. The molecule has 0 aliphatic heterocycles. The lowest BCUT2D eigenvalue weighted by atomic mass is 9.98. The molecule has 15 heavy (non-hydrogen) atoms. The van der Waals surface area contributed by atoms with Gasteiger partial charge in [-0.1, -0.05) is 4.49 Å². The smallest absolute Gasteiger partial charge is 0.0924 e. The molecule has 0 bridgehead atoms. The first-order valence-electron chi connectivity index (χ1n) is 5.08. The second-order valence-electron chi connectivity index (χ2n) is 4.17. The van der Waals surface area contributed by atoms with Crippen molar-refractivity contribution in [2.24, 2.45) is 0 Å². The molecule has 1 unspecified atom stereocenters. The summed E-state index contributed by atoms with van der Waals surface area (Å²) in [5, 5.41) is 9.32. The molecule has 4 nitrogen and oxygen atoms in total. The number of methoxy groups -OCH3 is 1. The van der Waals surface area contributed by atoms with E-state index in [0.29, 0.717) is 0 Å². The summed E-state index contributed by atoms with van der Waals surface area (Å²) >= 11 is 1.39. The average Bonchev–Trinajstić information content (AvgIpc) is 2.72. The van der Waals surface area contributed by atoms with Gasteiger partial charge in [-0.25, -0.2) is 0 Å². The van der Waals surface area contributed by atoms with Crippen LogP contribution in [0.15, 0.2) is 5.38 Å². The van der Waals surface area contributed by atoms with Crippen molar-refractivity contribution >= 4 is 11.5 Å². The van der Waals surface area contributed by atoms with Gasteiger partial charge < -0.3 is 10.1 Å². The van der Waals surface area contributed by atoms with Gasteiger partial charge in [0.05, 0.1) is 17.3 Å². The van der Waals surface area contributed by atoms with Crippen molar-refractivity contribution in [2.45, 2.75) is 38.3 Å². The first kappa shape index (κ1) is 12.5. The van der Waals surface area contributed by atoms with Crippen LogP contribution in [-0.4, -0.2) is 29.3 Å². The topological polar surface area (TPSA) is 47.0 Å². The predicted molar refractivity (Wildman–Crippen MR) is 62.0 cm³/mol. The van der Waals surface area contributed by atoms with Gasteiger partial charge in [-0.05, 0) is 45.3 Å². The summed E-state index contributed by atoms with van der Waals surface area (Å²) in [6.07, 6.45) is 2.00. The van der Waals surface area contributed by atoms with E-state index < -0.39 is 0 Å². The summed E-state index contributed by atoms with van der Waals surface area (Å²) in [6, 6.07) is 0.276. The van der Waals surface area contributed by atoms with Crippen molar-refractivity contribution in [3.8, 4) is 0 Å². The molecular formula is C10H19N3OS. The van der Waals surface area contributed by atoms with Crippen LogP contribution in [0.5, 0.6) is 0 Å². The Kier molecular flexibility index (Phi) is 4.63. The molecule has 86 valence electrons. The summed E-state index contributed by atoms with van der Waals surface area (Å²) in [6.45, 7) is 4.19. The van der Waals surface area contributed by atoms with Crippen LogP contribution in [0.3, 0.4) is 0 Å². The third kappa shape index (κ3) is 3.85. The zero-order valence-corrected chi connectivity index (χ0v) is 10.6. The van der Waals surface area contributed by atoms with Gasteiger partial charge >= 0.3 is 0 Å². The van der Waals surface area contributed by atoms with E-state index in [4.69, 9.17) is 4.74 Å². The third-order valence-corrected chi connectivity index (χ3v) is 3.19. The zero-order chi connectivity index (χ0) is 11.3. The Hall–Kier alpha value is -0.520. The highest BCUT2D eigenvalue weighted by atomic mass is 32.1. The van der Waals surface area contributed by atoms with E-state index in [1.54, 1.807) is 7.11 Å². The Morgan fingerprint density at radius 3 is 2.80 bits per heavy atom. The fraction of sp³-hybridized carbons (Fsp3) is 0.800. The summed E-state index contributed by atoms with van der Waals surface area (Å²) in [5.74, 6) is 0. The van der Waals surface area contributed by atoms with Crippen LogP contribution in [0.2, 0.25) is 0 Å². The zero-order valence-electron chi connectivity index (χ0n) is 9.78. The Labute approximate surface area is 95.2 Å². The van der Waals surface area contributed by atoms with Gasteiger partial charge in [-0.2, -0.15) is 0 Å². The van der Waals surface area contributed by atoms with Crippen LogP contribution >= 0.6 is 11.5 Å². The van der Waals surface area contributed by atoms with Crippen molar-refractivity contribution in [1.82, 2.24) is 14.9 Å². The van der Waals surface area contributed by atoms with Gasteiger partial charge in [0.1, 0.15) is 0 Å². The molecule has 0 aliphatic carbocycles. The average molecular weight is 229 g/mol. The first-order chi connectivity index (χ1) is 7.09. The maximum Gasteiger partial charge on any atom is 0.0924 e. The van der Waals surface area contributed by atoms with Crippen molar-refractivity contribution in [1.29, 1.82) is 0 Å². The lowest BCUT2D eigenvalue weighted by molar-refractivity contribution is 0.0117. The molecule has 0 aromatic carbocycles. The van der Waals surface area contributed by atoms with Crippen molar-refractivity contribution in [2.75, 3.05) is 14.2 Å². The van der Waals surface area contributed by atoms with E-state index in [2.05, 4.69) is 28.8 Å². The molecule has 1 rings (SSSR count). The first-order valence-corrected chi connectivity index (χ1v) is 5.92. The fourth-order valence-electron chi connectivity index (χ4n) is 1.36. The van der Waals surface area contributed by atoms with E-state index >= 15 is 0 Å². The highest BCUT2D eigenvalue weighted by Gasteiger charge is 2.20. The van der Waals surface area contributed by atoms with Crippen LogP contribution in [0.25, 0.3) is 0 Å². The summed E-state index contributed by atoms with van der Waals surface area (Å²) in [7, 11) is 3.70. The van der Waals surface area contributed by atoms with Crippen LogP contribution in [-0.2, 0) is 4.74 Å². The largest absolute Gasteiger partial charge is 0.379 e. The molecule has 0 amide bonds. The number of nitrogens with one attached hydrogen (secondary N) is 1. The van der Waals surface area contributed by atoms with E-state index in [-0.39, 0.29) is 11.6 Å². The Bertz CT molecular complexity index is 274. The predicted octanol–water partition coefficient (Wildman–Crippen LogP) is 2.00. The van der Waals surface area contributed by atoms with E-state index in [9.17, 15) is 0 Å². The highest BCUT2D eigenvalue weighted by molar-refractivity contribution is 7.03. The highest BCUT2D eigenvalue weighted by Crippen LogP contribution is 2.23. The minimum Gasteiger partial charge on any atom is -0.379 e. The number of nitrogens with zero attached hydrogens (tertiary/aromatic N) is 2. The minimum absolute atomic E-state index is 0.0709. The number of hydrogen-bond donors (Lipinski definition) is 1. The molecule has 1 aromatic rings. The van der Waals surface area contributed by atoms with Gasteiger partial charge in [0.2, 0.25) is 0 Å². The van der Waals surface area contributed by atoms with Crippen LogP contribution in [0.1, 0.15) is 38.4 Å². The molecule has 1 heterocycles. The van der Waals surface area contributed by atoms with Crippen molar-refractivity contribution in [3.63, 3.8) is 0 Å². The molecule has 0 radical (unpaired) electrons. The van der Waals surface area contributed by atoms with Crippen molar-refractivity contribution < 1.29 is 4.74 Å². The van der Waals surface area contributed by atoms with Gasteiger partial charge in [0.25, 0.3) is 0 Å². The molecule has 0 spiro atoms. The van der Waals surface area contributed by atoms with Crippen LogP contribution in [0, 0.1) is 0 Å². The van der Waals surface area contributed by atoms with Crippen LogP contribution in [0.4, 0.5) is 0 Å². The molecule has 5 heteroatoms. The molecule has 1 aromatic heterocycles. The molecule has 0 saturated heterocycles. The second-order valence-corrected chi connectivity index (χ2v) is 4.78. The Morgan fingerprint density at radius 1 is 1.60 bits per heavy atom. The summed E-state index contributed by atoms with van der Waals surface area (Å²) in [4.78, 5) is 0. The summed E-state index contributed by atoms with van der Waals surface area (Å²) in [5.41, 5.74) is 0.952. The molecule has 0 fully saturated rings. The van der Waals surface area contributed by atoms with Crippen LogP contribution < -0.4 is 5.32 Å². The fourth-order valence-corrected chi connectivity index (χ4v) is 1.87. The lowest BCUT2D eigenvalue weighted by Gasteiger charge is -2.25. The maximum atomic E-state index is 5.39. The van der Waals surface area contributed by atoms with E-state index in [0.717, 1.165) is 18.5 Å². The lowest BCUT2D eigenvalue weighted by Crippen LogP contribution is -2.26. The normalized spacial score (nSPS) is 14.1. The van der Waals surface area contributed by atoms with Gasteiger partial charge in [-0.3, -0.25) is 0 Å². The number of aromatic nitrogens is 2. The number of ether oxygens (including phenoxy) is 1. The third-order valence-electron chi connectivity index (χ3n) is 2.67. The quantitative estimate of drug-likeness (QED) is 0.810. The monoisotopic (exact) mass is 229 g/mol. The molecule has 1 N–H and O–H groups in total. The van der Waals surface area contributed by atoms with Gasteiger partial charge in [0, 0.05) is 12.5 Å².